The largest absolute Gasteiger partial charge is 0.299 e. The zero-order valence-corrected chi connectivity index (χ0v) is 8.90. The molecule has 14 heavy (non-hydrogen) atoms. The summed E-state index contributed by atoms with van der Waals surface area (Å²) in [5, 5.41) is 0. The summed E-state index contributed by atoms with van der Waals surface area (Å²) in [7, 11) is 2.11. The van der Waals surface area contributed by atoms with Crippen LogP contribution in [0.5, 0.6) is 0 Å². The molecule has 1 heterocycles. The highest BCUT2D eigenvalue weighted by molar-refractivity contribution is 5.77. The summed E-state index contributed by atoms with van der Waals surface area (Å²) in [4.78, 5) is 10.3. The van der Waals surface area contributed by atoms with Crippen LogP contribution in [0.2, 0.25) is 0 Å². The summed E-state index contributed by atoms with van der Waals surface area (Å²) in [6.07, 6.45) is 5.79. The van der Waals surface area contributed by atoms with Crippen molar-refractivity contribution >= 4 is 12.9 Å². The molecule has 3 heteroatoms. The van der Waals surface area contributed by atoms with Gasteiger partial charge in [0.2, 0.25) is 0 Å². The van der Waals surface area contributed by atoms with Gasteiger partial charge < -0.3 is 0 Å². The first-order chi connectivity index (χ1) is 6.72. The molecule has 1 aliphatic rings. The second-order valence-electron chi connectivity index (χ2n) is 3.58. The molecular weight excluding hydrogens is 174 g/mol. The molecule has 1 aliphatic heterocycles. The average molecular weight is 191 g/mol. The van der Waals surface area contributed by atoms with E-state index in [9.17, 15) is 0 Å². The number of nitrogens with zero attached hydrogens (tertiary/aromatic N) is 3. The van der Waals surface area contributed by atoms with Crippen molar-refractivity contribution in [3.05, 3.63) is 23.4 Å². The van der Waals surface area contributed by atoms with Crippen LogP contribution in [0, 0.1) is 0 Å². The van der Waals surface area contributed by atoms with Gasteiger partial charge in [-0.2, -0.15) is 0 Å². The quantitative estimate of drug-likeness (QED) is 0.489. The second-order valence-corrected chi connectivity index (χ2v) is 3.58. The SMILES string of the molecule is C=N/C=C(/C)C=NCC1=CCN(C)C1. The molecule has 0 N–H and O–H groups in total. The Hall–Kier alpha value is -1.22. The van der Waals surface area contributed by atoms with Crippen LogP contribution in [0.25, 0.3) is 0 Å². The Morgan fingerprint density at radius 3 is 3.07 bits per heavy atom. The van der Waals surface area contributed by atoms with Crippen LogP contribution < -0.4 is 0 Å². The van der Waals surface area contributed by atoms with Gasteiger partial charge in [0.15, 0.2) is 0 Å². The van der Waals surface area contributed by atoms with Gasteiger partial charge in [-0.1, -0.05) is 6.08 Å². The first-order valence-corrected chi connectivity index (χ1v) is 4.71. The number of likely N-dealkylation sites (N-methyl/N-ethyl adjacent to an activating group) is 1. The Kier molecular flexibility index (Phi) is 4.26. The lowest BCUT2D eigenvalue weighted by molar-refractivity contribution is 0.428. The van der Waals surface area contributed by atoms with Gasteiger partial charge in [0.05, 0.1) is 6.54 Å². The van der Waals surface area contributed by atoms with E-state index in [4.69, 9.17) is 0 Å². The fraction of sp³-hybridized carbons (Fsp3) is 0.455. The molecule has 0 spiro atoms. The number of allylic oxidation sites excluding steroid dienone is 1. The van der Waals surface area contributed by atoms with Crippen molar-refractivity contribution < 1.29 is 0 Å². The van der Waals surface area contributed by atoms with Gasteiger partial charge in [-0.25, -0.2) is 0 Å². The summed E-state index contributed by atoms with van der Waals surface area (Å²) >= 11 is 0. The third kappa shape index (κ3) is 3.66. The lowest BCUT2D eigenvalue weighted by Crippen LogP contribution is -2.14. The molecule has 0 amide bonds. The number of hydrogen-bond acceptors (Lipinski definition) is 3. The van der Waals surface area contributed by atoms with E-state index in [0.717, 1.165) is 25.2 Å². The summed E-state index contributed by atoms with van der Waals surface area (Å²) in [6, 6.07) is 0. The van der Waals surface area contributed by atoms with Gasteiger partial charge in [-0.05, 0) is 31.8 Å². The average Bonchev–Trinajstić information content (AvgIpc) is 2.52. The van der Waals surface area contributed by atoms with Gasteiger partial charge >= 0.3 is 0 Å². The summed E-state index contributed by atoms with van der Waals surface area (Å²) in [6.45, 7) is 8.24. The van der Waals surface area contributed by atoms with E-state index < -0.39 is 0 Å². The lowest BCUT2D eigenvalue weighted by atomic mass is 10.3. The van der Waals surface area contributed by atoms with Gasteiger partial charge in [0.25, 0.3) is 0 Å². The van der Waals surface area contributed by atoms with E-state index >= 15 is 0 Å². The molecule has 76 valence electrons. The Bertz CT molecular complexity index is 287. The van der Waals surface area contributed by atoms with E-state index in [2.05, 4.69) is 34.7 Å². The Balaban J connectivity index is 2.33. The number of hydrogen-bond donors (Lipinski definition) is 0. The minimum Gasteiger partial charge on any atom is -0.299 e. The zero-order valence-electron chi connectivity index (χ0n) is 8.90. The highest BCUT2D eigenvalue weighted by Crippen LogP contribution is 2.06. The normalized spacial score (nSPS) is 19.0. The maximum atomic E-state index is 4.33. The molecule has 0 aromatic rings. The van der Waals surface area contributed by atoms with Crippen molar-refractivity contribution in [2.24, 2.45) is 9.98 Å². The van der Waals surface area contributed by atoms with Crippen molar-refractivity contribution in [2.45, 2.75) is 6.92 Å². The molecule has 0 radical (unpaired) electrons. The minimum absolute atomic E-state index is 0.798. The molecule has 0 aliphatic carbocycles. The predicted molar refractivity (Wildman–Crippen MR) is 62.2 cm³/mol. The maximum Gasteiger partial charge on any atom is 0.0612 e. The van der Waals surface area contributed by atoms with Crippen molar-refractivity contribution in [3.8, 4) is 0 Å². The van der Waals surface area contributed by atoms with Crippen molar-refractivity contribution in [2.75, 3.05) is 26.7 Å². The standard InChI is InChI=1S/C11H17N3/c1-10(6-12-2)7-13-8-11-4-5-14(3)9-11/h4,6-7H,2,5,8-9H2,1,3H3/b10-6-,13-7?. The molecule has 3 nitrogen and oxygen atoms in total. The van der Waals surface area contributed by atoms with Crippen molar-refractivity contribution in [1.29, 1.82) is 0 Å². The molecule has 0 fully saturated rings. The monoisotopic (exact) mass is 191 g/mol. The van der Waals surface area contributed by atoms with Gasteiger partial charge in [0.1, 0.15) is 0 Å². The molecule has 0 saturated carbocycles. The fourth-order valence-corrected chi connectivity index (χ4v) is 1.36. The van der Waals surface area contributed by atoms with E-state index in [1.807, 2.05) is 13.1 Å². The van der Waals surface area contributed by atoms with Crippen LogP contribution in [0.3, 0.4) is 0 Å². The summed E-state index contributed by atoms with van der Waals surface area (Å²) < 4.78 is 0. The van der Waals surface area contributed by atoms with Crippen LogP contribution in [0.15, 0.2) is 33.4 Å². The summed E-state index contributed by atoms with van der Waals surface area (Å²) in [5.41, 5.74) is 2.43. The van der Waals surface area contributed by atoms with Gasteiger partial charge in [-0.3, -0.25) is 14.9 Å². The molecule has 0 atom stereocenters. The number of rotatable bonds is 4. The van der Waals surface area contributed by atoms with Crippen molar-refractivity contribution in [3.63, 3.8) is 0 Å². The first kappa shape index (κ1) is 10.9. The van der Waals surface area contributed by atoms with Crippen LogP contribution in [-0.4, -0.2) is 44.5 Å². The molecule has 0 bridgehead atoms. The smallest absolute Gasteiger partial charge is 0.0612 e. The molecule has 1 rings (SSSR count). The molecule has 0 unspecified atom stereocenters. The fourth-order valence-electron chi connectivity index (χ4n) is 1.36. The molecule has 0 aromatic carbocycles. The molecular formula is C11H17N3. The highest BCUT2D eigenvalue weighted by atomic mass is 15.1. The topological polar surface area (TPSA) is 28.0 Å². The lowest BCUT2D eigenvalue weighted by Gasteiger charge is -2.05. The van der Waals surface area contributed by atoms with E-state index in [1.54, 1.807) is 6.20 Å². The van der Waals surface area contributed by atoms with Crippen LogP contribution >= 0.6 is 0 Å². The predicted octanol–water partition coefficient (Wildman–Crippen LogP) is 1.53. The first-order valence-electron chi connectivity index (χ1n) is 4.71. The summed E-state index contributed by atoms with van der Waals surface area (Å²) in [5.74, 6) is 0. The highest BCUT2D eigenvalue weighted by Gasteiger charge is 2.07. The van der Waals surface area contributed by atoms with E-state index in [-0.39, 0.29) is 0 Å². The molecule has 0 saturated heterocycles. The van der Waals surface area contributed by atoms with E-state index in [1.165, 1.54) is 5.57 Å². The maximum absolute atomic E-state index is 4.33. The Morgan fingerprint density at radius 1 is 1.71 bits per heavy atom. The van der Waals surface area contributed by atoms with Crippen LogP contribution in [-0.2, 0) is 0 Å². The van der Waals surface area contributed by atoms with Crippen LogP contribution in [0.1, 0.15) is 6.92 Å². The van der Waals surface area contributed by atoms with Crippen molar-refractivity contribution in [1.82, 2.24) is 4.90 Å². The van der Waals surface area contributed by atoms with Gasteiger partial charge in [-0.15, -0.1) is 0 Å². The van der Waals surface area contributed by atoms with E-state index in [0.29, 0.717) is 0 Å². The molecule has 0 aromatic heterocycles. The Morgan fingerprint density at radius 2 is 2.50 bits per heavy atom. The second kappa shape index (κ2) is 5.50. The third-order valence-electron chi connectivity index (χ3n) is 2.05. The van der Waals surface area contributed by atoms with Crippen LogP contribution in [0.4, 0.5) is 0 Å². The van der Waals surface area contributed by atoms with Gasteiger partial charge in [0, 0.05) is 25.5 Å². The third-order valence-corrected chi connectivity index (χ3v) is 2.05. The number of aliphatic imine (C=N–C) groups is 2. The zero-order chi connectivity index (χ0) is 10.4. The Labute approximate surface area is 85.6 Å². The minimum atomic E-state index is 0.798.